The van der Waals surface area contributed by atoms with Gasteiger partial charge in [-0.15, -0.1) is 0 Å². The van der Waals surface area contributed by atoms with Crippen LogP contribution in [0.2, 0.25) is 0 Å². The maximum Gasteiger partial charge on any atom is 0.252 e. The van der Waals surface area contributed by atoms with Gasteiger partial charge in [0.05, 0.1) is 41.5 Å². The molecule has 2 heterocycles. The zero-order chi connectivity index (χ0) is 26.5. The number of carbonyl (C=O) groups excluding carboxylic acids is 1. The lowest BCUT2D eigenvalue weighted by molar-refractivity contribution is -0.898. The van der Waals surface area contributed by atoms with Crippen molar-refractivity contribution in [3.63, 3.8) is 0 Å². The van der Waals surface area contributed by atoms with Crippen molar-refractivity contribution in [2.45, 2.75) is 13.0 Å². The summed E-state index contributed by atoms with van der Waals surface area (Å²) in [4.78, 5) is 21.0. The summed E-state index contributed by atoms with van der Waals surface area (Å²) in [5, 5.41) is 27.1. The zero-order valence-electron chi connectivity index (χ0n) is 21.6. The molecule has 1 aliphatic rings. The number of amides is 1. The first-order chi connectivity index (χ1) is 18.5. The SMILES string of the molecule is CN1CC[N+]([O-])(Cc2c(-c3ccccc3)nc3ccccc3c2C(=O)NCCc2ccccc2C#N)CC1. The molecule has 192 valence electrons. The number of carbonyl (C=O) groups is 1. The quantitative estimate of drug-likeness (QED) is 0.295. The number of para-hydroxylation sites is 1. The van der Waals surface area contributed by atoms with E-state index in [1.54, 1.807) is 6.07 Å². The lowest BCUT2D eigenvalue weighted by Gasteiger charge is -2.48. The van der Waals surface area contributed by atoms with Crippen LogP contribution in [0, 0.1) is 16.5 Å². The van der Waals surface area contributed by atoms with Crippen molar-refractivity contribution in [2.24, 2.45) is 0 Å². The number of hydroxylamine groups is 3. The molecule has 5 rings (SSSR count). The van der Waals surface area contributed by atoms with Crippen molar-refractivity contribution in [3.05, 3.63) is 106 Å². The topological polar surface area (TPSA) is 92.1 Å². The summed E-state index contributed by atoms with van der Waals surface area (Å²) in [7, 11) is 2.03. The minimum absolute atomic E-state index is 0.177. The molecular formula is C31H31N5O2. The number of likely N-dealkylation sites (N-methyl/N-ethyl adjacent to an activating group) is 1. The Morgan fingerprint density at radius 2 is 1.71 bits per heavy atom. The lowest BCUT2D eigenvalue weighted by atomic mass is 9.95. The van der Waals surface area contributed by atoms with Gasteiger partial charge in [-0.3, -0.25) is 9.69 Å². The van der Waals surface area contributed by atoms with Gasteiger partial charge in [-0.1, -0.05) is 66.7 Å². The molecule has 0 spiro atoms. The minimum Gasteiger partial charge on any atom is -0.632 e. The molecular weight excluding hydrogens is 474 g/mol. The average molecular weight is 506 g/mol. The molecule has 38 heavy (non-hydrogen) atoms. The van der Waals surface area contributed by atoms with Crippen LogP contribution in [0.4, 0.5) is 0 Å². The van der Waals surface area contributed by atoms with Crippen molar-refractivity contribution in [1.29, 1.82) is 5.26 Å². The number of nitrogens with zero attached hydrogens (tertiary/aromatic N) is 4. The van der Waals surface area contributed by atoms with Crippen LogP contribution in [0.3, 0.4) is 0 Å². The Morgan fingerprint density at radius 3 is 2.47 bits per heavy atom. The molecule has 0 aliphatic carbocycles. The molecule has 1 aromatic heterocycles. The molecule has 3 aromatic carbocycles. The van der Waals surface area contributed by atoms with Gasteiger partial charge < -0.3 is 15.2 Å². The number of rotatable bonds is 7. The van der Waals surface area contributed by atoms with E-state index in [2.05, 4.69) is 16.3 Å². The van der Waals surface area contributed by atoms with E-state index >= 15 is 0 Å². The number of hydrogen-bond acceptors (Lipinski definition) is 5. The van der Waals surface area contributed by atoms with Crippen LogP contribution < -0.4 is 5.32 Å². The fourth-order valence-electron chi connectivity index (χ4n) is 5.12. The molecule has 1 saturated heterocycles. The predicted molar refractivity (Wildman–Crippen MR) is 149 cm³/mol. The highest BCUT2D eigenvalue weighted by molar-refractivity contribution is 6.09. The Bertz CT molecular complexity index is 1490. The lowest BCUT2D eigenvalue weighted by Crippen LogP contribution is -2.54. The van der Waals surface area contributed by atoms with Crippen molar-refractivity contribution in [3.8, 4) is 17.3 Å². The number of benzene rings is 3. The summed E-state index contributed by atoms with van der Waals surface area (Å²) in [6, 6.07) is 27.0. The van der Waals surface area contributed by atoms with Gasteiger partial charge in [0.25, 0.3) is 5.91 Å². The van der Waals surface area contributed by atoms with E-state index < -0.39 is 0 Å². The Labute approximate surface area is 223 Å². The smallest absolute Gasteiger partial charge is 0.252 e. The summed E-state index contributed by atoms with van der Waals surface area (Å²) in [6.07, 6.45) is 0.535. The normalized spacial score (nSPS) is 15.2. The number of fused-ring (bicyclic) bond motifs is 1. The number of hydrogen-bond donors (Lipinski definition) is 1. The third-order valence-corrected chi connectivity index (χ3v) is 7.31. The van der Waals surface area contributed by atoms with Gasteiger partial charge in [0.1, 0.15) is 6.54 Å². The Balaban J connectivity index is 1.56. The third-order valence-electron chi connectivity index (χ3n) is 7.31. The largest absolute Gasteiger partial charge is 0.632 e. The molecule has 0 radical (unpaired) electrons. The summed E-state index contributed by atoms with van der Waals surface area (Å²) < 4.78 is -0.389. The summed E-state index contributed by atoms with van der Waals surface area (Å²) in [5.74, 6) is -0.231. The number of piperazine rings is 1. The second kappa shape index (κ2) is 11.1. The van der Waals surface area contributed by atoms with Crippen LogP contribution in [0.15, 0.2) is 78.9 Å². The molecule has 1 amide bonds. The first-order valence-electron chi connectivity index (χ1n) is 13.0. The number of nitriles is 1. The van der Waals surface area contributed by atoms with E-state index in [1.165, 1.54) is 0 Å². The molecule has 1 aliphatic heterocycles. The van der Waals surface area contributed by atoms with Crippen LogP contribution in [0.1, 0.15) is 27.0 Å². The predicted octanol–water partition coefficient (Wildman–Crippen LogP) is 4.51. The van der Waals surface area contributed by atoms with Gasteiger partial charge in [-0.25, -0.2) is 4.98 Å². The van der Waals surface area contributed by atoms with Gasteiger partial charge in [0, 0.05) is 36.1 Å². The molecule has 1 N–H and O–H groups in total. The highest BCUT2D eigenvalue weighted by atomic mass is 16.5. The number of quaternary nitrogens is 1. The van der Waals surface area contributed by atoms with E-state index in [1.807, 2.05) is 79.8 Å². The number of aromatic nitrogens is 1. The van der Waals surface area contributed by atoms with Gasteiger partial charge >= 0.3 is 0 Å². The third kappa shape index (κ3) is 5.43. The van der Waals surface area contributed by atoms with Crippen LogP contribution in [0.5, 0.6) is 0 Å². The van der Waals surface area contributed by atoms with E-state index in [0.717, 1.165) is 16.5 Å². The minimum atomic E-state index is -0.389. The second-order valence-electron chi connectivity index (χ2n) is 9.94. The standard InChI is InChI=1S/C31H31N5O2/c1-35-17-19-36(38,20-18-35)22-27-29(31(37)33-16-15-23-9-5-6-12-25(23)21-32)26-13-7-8-14-28(26)34-30(27)24-10-3-2-4-11-24/h2-14H,15-20,22H2,1H3,(H,33,37). The van der Waals surface area contributed by atoms with E-state index in [4.69, 9.17) is 4.98 Å². The molecule has 0 bridgehead atoms. The molecule has 0 unspecified atom stereocenters. The fraction of sp³-hybridized carbons (Fsp3) is 0.258. The Hall–Kier alpha value is -4.09. The van der Waals surface area contributed by atoms with Gasteiger partial charge in [-0.2, -0.15) is 5.26 Å². The molecule has 7 nitrogen and oxygen atoms in total. The Morgan fingerprint density at radius 1 is 1.03 bits per heavy atom. The monoisotopic (exact) mass is 505 g/mol. The van der Waals surface area contributed by atoms with E-state index in [-0.39, 0.29) is 17.1 Å². The maximum atomic E-state index is 13.9. The van der Waals surface area contributed by atoms with Gasteiger partial charge in [-0.05, 0) is 31.2 Å². The molecule has 1 fully saturated rings. The van der Waals surface area contributed by atoms with Crippen molar-refractivity contribution < 1.29 is 9.44 Å². The average Bonchev–Trinajstić information content (AvgIpc) is 2.95. The molecule has 0 atom stereocenters. The number of pyridine rings is 1. The molecule has 4 aromatic rings. The fourth-order valence-corrected chi connectivity index (χ4v) is 5.12. The van der Waals surface area contributed by atoms with Crippen molar-refractivity contribution >= 4 is 16.8 Å². The van der Waals surface area contributed by atoms with Crippen LogP contribution >= 0.6 is 0 Å². The summed E-state index contributed by atoms with van der Waals surface area (Å²) in [5.41, 5.74) is 4.96. The van der Waals surface area contributed by atoms with Gasteiger partial charge in [0.2, 0.25) is 0 Å². The van der Waals surface area contributed by atoms with Crippen LogP contribution in [0.25, 0.3) is 22.2 Å². The van der Waals surface area contributed by atoms with Crippen molar-refractivity contribution in [2.75, 3.05) is 39.8 Å². The summed E-state index contributed by atoms with van der Waals surface area (Å²) in [6.45, 7) is 2.90. The zero-order valence-corrected chi connectivity index (χ0v) is 21.6. The first-order valence-corrected chi connectivity index (χ1v) is 13.0. The Kier molecular flexibility index (Phi) is 7.47. The first kappa shape index (κ1) is 25.6. The summed E-state index contributed by atoms with van der Waals surface area (Å²) >= 11 is 0. The maximum absolute atomic E-state index is 13.9. The van der Waals surface area contributed by atoms with Gasteiger partial charge in [0.15, 0.2) is 0 Å². The van der Waals surface area contributed by atoms with Crippen molar-refractivity contribution in [1.82, 2.24) is 15.2 Å². The number of nitrogens with one attached hydrogen (secondary N) is 1. The molecule has 0 saturated carbocycles. The highest BCUT2D eigenvalue weighted by Crippen LogP contribution is 2.33. The molecule has 7 heteroatoms. The van der Waals surface area contributed by atoms with E-state index in [0.29, 0.717) is 67.0 Å². The highest BCUT2D eigenvalue weighted by Gasteiger charge is 2.30. The second-order valence-corrected chi connectivity index (χ2v) is 9.94. The van der Waals surface area contributed by atoms with Crippen LogP contribution in [-0.4, -0.2) is 60.2 Å². The van der Waals surface area contributed by atoms with E-state index in [9.17, 15) is 15.3 Å². The van der Waals surface area contributed by atoms with Crippen LogP contribution in [-0.2, 0) is 13.0 Å².